The number of halogens is 1. The first-order valence-electron chi connectivity index (χ1n) is 11.2. The van der Waals surface area contributed by atoms with Gasteiger partial charge in [0.05, 0.1) is 14.2 Å². The highest BCUT2D eigenvalue weighted by molar-refractivity contribution is 6.06. The number of rotatable bonds is 7. The Labute approximate surface area is 194 Å². The van der Waals surface area contributed by atoms with Crippen molar-refractivity contribution in [3.05, 3.63) is 89.7 Å². The molecule has 0 bridgehead atoms. The molecule has 33 heavy (non-hydrogen) atoms. The fourth-order valence-electron chi connectivity index (χ4n) is 4.34. The molecule has 0 unspecified atom stereocenters. The van der Waals surface area contributed by atoms with E-state index in [1.54, 1.807) is 50.6 Å². The van der Waals surface area contributed by atoms with Gasteiger partial charge in [-0.3, -0.25) is 9.69 Å². The molecule has 0 N–H and O–H groups in total. The predicted molar refractivity (Wildman–Crippen MR) is 127 cm³/mol. The third kappa shape index (κ3) is 5.52. The minimum absolute atomic E-state index is 0.0357. The molecule has 0 radical (unpaired) electrons. The van der Waals surface area contributed by atoms with Gasteiger partial charge in [0.2, 0.25) is 0 Å². The normalized spacial score (nSPS) is 14.6. The number of piperidine rings is 1. The number of benzene rings is 3. The molecule has 1 aliphatic heterocycles. The molecule has 172 valence electrons. The molecule has 3 aromatic carbocycles. The molecule has 0 saturated carbocycles. The summed E-state index contributed by atoms with van der Waals surface area (Å²) in [7, 11) is 3.24. The van der Waals surface area contributed by atoms with Gasteiger partial charge in [0.1, 0.15) is 17.3 Å². The van der Waals surface area contributed by atoms with Crippen LogP contribution in [0.15, 0.2) is 72.8 Å². The summed E-state index contributed by atoms with van der Waals surface area (Å²) in [5, 5.41) is 0. The number of ether oxygens (including phenoxy) is 2. The molecule has 0 aromatic heterocycles. The standard InChI is InChI=1S/C27H29FN2O3/c1-32-25-10-6-21(7-11-25)27(31)30(23-8-12-26(33-2)13-9-23)24-14-16-29(17-15-24)19-20-4-3-5-22(28)18-20/h3-13,18,24H,14-17,19H2,1-2H3. The SMILES string of the molecule is COc1ccc(C(=O)N(c2ccc(OC)cc2)C2CCN(Cc3cccc(F)c3)CC2)cc1. The largest absolute Gasteiger partial charge is 0.497 e. The number of carbonyl (C=O) groups excluding carboxylic acids is 1. The van der Waals surface area contributed by atoms with Crippen LogP contribution in [0.3, 0.4) is 0 Å². The van der Waals surface area contributed by atoms with Crippen LogP contribution in [0, 0.1) is 5.82 Å². The first-order valence-corrected chi connectivity index (χ1v) is 11.2. The van der Waals surface area contributed by atoms with Crippen LogP contribution < -0.4 is 14.4 Å². The number of carbonyl (C=O) groups is 1. The summed E-state index contributed by atoms with van der Waals surface area (Å²) in [6.07, 6.45) is 1.67. The summed E-state index contributed by atoms with van der Waals surface area (Å²) in [5.41, 5.74) is 2.43. The number of hydrogen-bond acceptors (Lipinski definition) is 4. The smallest absolute Gasteiger partial charge is 0.258 e. The summed E-state index contributed by atoms with van der Waals surface area (Å²) in [5.74, 6) is 1.22. The van der Waals surface area contributed by atoms with Crippen molar-refractivity contribution in [1.82, 2.24) is 4.90 Å². The summed E-state index contributed by atoms with van der Waals surface area (Å²) < 4.78 is 24.1. The van der Waals surface area contributed by atoms with Crippen molar-refractivity contribution in [2.45, 2.75) is 25.4 Å². The minimum Gasteiger partial charge on any atom is -0.497 e. The van der Waals surface area contributed by atoms with Gasteiger partial charge in [0.25, 0.3) is 5.91 Å². The van der Waals surface area contributed by atoms with Crippen molar-refractivity contribution in [2.75, 3.05) is 32.2 Å². The number of likely N-dealkylation sites (tertiary alicyclic amines) is 1. The molecule has 0 aliphatic carbocycles. The van der Waals surface area contributed by atoms with Crippen LogP contribution in [0.5, 0.6) is 11.5 Å². The van der Waals surface area contributed by atoms with E-state index >= 15 is 0 Å². The fourth-order valence-corrected chi connectivity index (χ4v) is 4.34. The lowest BCUT2D eigenvalue weighted by atomic mass is 10.00. The number of nitrogens with zero attached hydrogens (tertiary/aromatic N) is 2. The van der Waals surface area contributed by atoms with Gasteiger partial charge in [-0.2, -0.15) is 0 Å². The van der Waals surface area contributed by atoms with Gasteiger partial charge in [-0.25, -0.2) is 4.39 Å². The van der Waals surface area contributed by atoms with Crippen LogP contribution in [0.1, 0.15) is 28.8 Å². The highest BCUT2D eigenvalue weighted by atomic mass is 19.1. The lowest BCUT2D eigenvalue weighted by Gasteiger charge is -2.38. The van der Waals surface area contributed by atoms with Gasteiger partial charge < -0.3 is 14.4 Å². The predicted octanol–water partition coefficient (Wildman–Crippen LogP) is 5.15. The maximum absolute atomic E-state index is 13.6. The van der Waals surface area contributed by atoms with Gasteiger partial charge in [0.15, 0.2) is 0 Å². The second-order valence-electron chi connectivity index (χ2n) is 8.24. The first kappa shape index (κ1) is 22.8. The van der Waals surface area contributed by atoms with Crippen molar-refractivity contribution >= 4 is 11.6 Å². The average Bonchev–Trinajstić information content (AvgIpc) is 2.85. The number of methoxy groups -OCH3 is 2. The van der Waals surface area contributed by atoms with Crippen LogP contribution in [0.4, 0.5) is 10.1 Å². The highest BCUT2D eigenvalue weighted by Gasteiger charge is 2.30. The molecule has 1 saturated heterocycles. The van der Waals surface area contributed by atoms with Crippen molar-refractivity contribution in [2.24, 2.45) is 0 Å². The second kappa shape index (κ2) is 10.5. The zero-order chi connectivity index (χ0) is 23.2. The van der Waals surface area contributed by atoms with Crippen LogP contribution in [0.2, 0.25) is 0 Å². The average molecular weight is 449 g/mol. The van der Waals surface area contributed by atoms with Crippen molar-refractivity contribution in [1.29, 1.82) is 0 Å². The quantitative estimate of drug-likeness (QED) is 0.501. The maximum atomic E-state index is 13.6. The molecule has 3 aromatic rings. The molecule has 1 aliphatic rings. The van der Waals surface area contributed by atoms with Crippen LogP contribution >= 0.6 is 0 Å². The Morgan fingerprint density at radius 2 is 1.55 bits per heavy atom. The summed E-state index contributed by atoms with van der Waals surface area (Å²) in [6, 6.07) is 21.6. The highest BCUT2D eigenvalue weighted by Crippen LogP contribution is 2.28. The van der Waals surface area contributed by atoms with E-state index in [2.05, 4.69) is 4.90 Å². The molecule has 1 amide bonds. The Hall–Kier alpha value is -3.38. The van der Waals surface area contributed by atoms with Crippen LogP contribution in [-0.4, -0.2) is 44.2 Å². The van der Waals surface area contributed by atoms with Crippen molar-refractivity contribution in [3.8, 4) is 11.5 Å². The lowest BCUT2D eigenvalue weighted by Crippen LogP contribution is -2.47. The minimum atomic E-state index is -0.210. The fraction of sp³-hybridized carbons (Fsp3) is 0.296. The third-order valence-corrected chi connectivity index (χ3v) is 6.12. The molecule has 6 heteroatoms. The Bertz CT molecular complexity index is 1060. The van der Waals surface area contributed by atoms with E-state index in [0.29, 0.717) is 17.9 Å². The molecule has 1 heterocycles. The van der Waals surface area contributed by atoms with E-state index in [1.807, 2.05) is 35.2 Å². The molecular weight excluding hydrogens is 419 g/mol. The van der Waals surface area contributed by atoms with Gasteiger partial charge in [-0.05, 0) is 79.1 Å². The first-order chi connectivity index (χ1) is 16.1. The van der Waals surface area contributed by atoms with E-state index < -0.39 is 0 Å². The van der Waals surface area contributed by atoms with Gasteiger partial charge in [0, 0.05) is 36.9 Å². The summed E-state index contributed by atoms with van der Waals surface area (Å²) in [6.45, 7) is 2.38. The van der Waals surface area contributed by atoms with E-state index in [4.69, 9.17) is 9.47 Å². The lowest BCUT2D eigenvalue weighted by molar-refractivity contribution is 0.0958. The maximum Gasteiger partial charge on any atom is 0.258 e. The monoisotopic (exact) mass is 448 g/mol. The molecule has 5 nitrogen and oxygen atoms in total. The number of amides is 1. The molecule has 0 atom stereocenters. The Morgan fingerprint density at radius 3 is 2.12 bits per heavy atom. The second-order valence-corrected chi connectivity index (χ2v) is 8.24. The zero-order valence-corrected chi connectivity index (χ0v) is 19.0. The van der Waals surface area contributed by atoms with E-state index in [-0.39, 0.29) is 17.8 Å². The summed E-state index contributed by atoms with van der Waals surface area (Å²) in [4.78, 5) is 17.8. The molecule has 1 fully saturated rings. The van der Waals surface area contributed by atoms with E-state index in [1.165, 1.54) is 6.07 Å². The Morgan fingerprint density at radius 1 is 0.939 bits per heavy atom. The molecule has 0 spiro atoms. The Balaban J connectivity index is 1.52. The van der Waals surface area contributed by atoms with Crippen LogP contribution in [0.25, 0.3) is 0 Å². The van der Waals surface area contributed by atoms with Crippen LogP contribution in [-0.2, 0) is 6.54 Å². The Kier molecular flexibility index (Phi) is 7.25. The van der Waals surface area contributed by atoms with Crippen molar-refractivity contribution in [3.63, 3.8) is 0 Å². The van der Waals surface area contributed by atoms with Gasteiger partial charge in [-0.1, -0.05) is 12.1 Å². The van der Waals surface area contributed by atoms with E-state index in [0.717, 1.165) is 42.9 Å². The van der Waals surface area contributed by atoms with Gasteiger partial charge in [-0.15, -0.1) is 0 Å². The van der Waals surface area contributed by atoms with Crippen molar-refractivity contribution < 1.29 is 18.7 Å². The third-order valence-electron chi connectivity index (χ3n) is 6.12. The topological polar surface area (TPSA) is 42.0 Å². The molecule has 4 rings (SSSR count). The van der Waals surface area contributed by atoms with Gasteiger partial charge >= 0.3 is 0 Å². The van der Waals surface area contributed by atoms with E-state index in [9.17, 15) is 9.18 Å². The number of anilines is 1. The zero-order valence-electron chi connectivity index (χ0n) is 19.0. The molecular formula is C27H29FN2O3. The number of hydrogen-bond donors (Lipinski definition) is 0. The summed E-state index contributed by atoms with van der Waals surface area (Å²) >= 11 is 0.